The fourth-order valence-corrected chi connectivity index (χ4v) is 5.15. The van der Waals surface area contributed by atoms with Crippen molar-refractivity contribution in [2.75, 3.05) is 0 Å². The van der Waals surface area contributed by atoms with E-state index < -0.39 is 6.04 Å². The number of H-pyrrole nitrogens is 2. The van der Waals surface area contributed by atoms with Gasteiger partial charge in [0.1, 0.15) is 5.82 Å². The number of carbonyl (C=O) groups is 1. The molecule has 1 aliphatic rings. The molecule has 5 aromatic rings. The Balaban J connectivity index is 1.48. The zero-order chi connectivity index (χ0) is 26.9. The van der Waals surface area contributed by atoms with E-state index in [1.54, 1.807) is 24.3 Å². The number of aromatic nitrogens is 5. The van der Waals surface area contributed by atoms with E-state index in [1.807, 2.05) is 48.5 Å². The van der Waals surface area contributed by atoms with Crippen LogP contribution in [0.2, 0.25) is 10.0 Å². The van der Waals surface area contributed by atoms with Crippen LogP contribution in [0.15, 0.2) is 82.7 Å². The Kier molecular flexibility index (Phi) is 6.68. The summed E-state index contributed by atoms with van der Waals surface area (Å²) in [5, 5.41) is 21.9. The number of aryl methyl sites for hydroxylation is 1. The molecule has 0 bridgehead atoms. The molecule has 1 atom stereocenters. The summed E-state index contributed by atoms with van der Waals surface area (Å²) in [6.45, 7) is 0. The van der Waals surface area contributed by atoms with Gasteiger partial charge in [-0.3, -0.25) is 9.59 Å². The van der Waals surface area contributed by atoms with Gasteiger partial charge < -0.3 is 4.98 Å². The van der Waals surface area contributed by atoms with Gasteiger partial charge in [-0.05, 0) is 51.9 Å². The molecule has 0 fully saturated rings. The number of tetrazole rings is 1. The Hall–Kier alpha value is -4.34. The highest BCUT2D eigenvalue weighted by molar-refractivity contribution is 6.31. The average molecular weight is 558 g/mol. The minimum atomic E-state index is -0.415. The molecule has 0 saturated carbocycles. The van der Waals surface area contributed by atoms with E-state index in [0.717, 1.165) is 22.1 Å². The number of nitrogens with one attached hydrogen (secondary N) is 2. The second kappa shape index (κ2) is 10.4. The Morgan fingerprint density at radius 1 is 0.949 bits per heavy atom. The molecule has 1 aliphatic heterocycles. The number of rotatable bonds is 6. The first-order chi connectivity index (χ1) is 19.0. The molecule has 0 spiro atoms. The van der Waals surface area contributed by atoms with E-state index in [1.165, 1.54) is 5.01 Å². The van der Waals surface area contributed by atoms with Crippen LogP contribution >= 0.6 is 23.2 Å². The number of benzene rings is 3. The van der Waals surface area contributed by atoms with Crippen LogP contribution < -0.4 is 5.56 Å². The molecule has 11 heteroatoms. The zero-order valence-corrected chi connectivity index (χ0v) is 21.9. The summed E-state index contributed by atoms with van der Waals surface area (Å²) in [6, 6.07) is 21.8. The Morgan fingerprint density at radius 2 is 1.67 bits per heavy atom. The van der Waals surface area contributed by atoms with Crippen LogP contribution in [-0.2, 0) is 11.2 Å². The molecule has 194 valence electrons. The van der Waals surface area contributed by atoms with Crippen LogP contribution in [0.3, 0.4) is 0 Å². The van der Waals surface area contributed by atoms with E-state index in [2.05, 4.69) is 25.6 Å². The summed E-state index contributed by atoms with van der Waals surface area (Å²) in [4.78, 5) is 30.1. The maximum absolute atomic E-state index is 13.6. The van der Waals surface area contributed by atoms with Crippen molar-refractivity contribution in [1.82, 2.24) is 30.6 Å². The quantitative estimate of drug-likeness (QED) is 0.292. The van der Waals surface area contributed by atoms with Crippen LogP contribution in [0.1, 0.15) is 35.8 Å². The molecule has 6 rings (SSSR count). The summed E-state index contributed by atoms with van der Waals surface area (Å²) >= 11 is 12.3. The third kappa shape index (κ3) is 4.94. The van der Waals surface area contributed by atoms with Gasteiger partial charge in [0.2, 0.25) is 5.91 Å². The number of hydrogen-bond donors (Lipinski definition) is 2. The molecule has 0 saturated heterocycles. The van der Waals surface area contributed by atoms with Gasteiger partial charge >= 0.3 is 0 Å². The molecule has 3 aromatic carbocycles. The topological polar surface area (TPSA) is 120 Å². The fraction of sp³-hybridized carbons (Fsp3) is 0.143. The van der Waals surface area contributed by atoms with Crippen molar-refractivity contribution in [2.24, 2.45) is 5.10 Å². The summed E-state index contributed by atoms with van der Waals surface area (Å²) in [6.07, 6.45) is 0.808. The first-order valence-corrected chi connectivity index (χ1v) is 13.0. The lowest BCUT2D eigenvalue weighted by molar-refractivity contribution is -0.133. The molecule has 1 unspecified atom stereocenters. The van der Waals surface area contributed by atoms with Gasteiger partial charge in [-0.1, -0.05) is 65.7 Å². The number of pyridine rings is 1. The first-order valence-electron chi connectivity index (χ1n) is 12.3. The second-order valence-electron chi connectivity index (χ2n) is 9.16. The van der Waals surface area contributed by atoms with Gasteiger partial charge in [-0.2, -0.15) is 5.10 Å². The van der Waals surface area contributed by atoms with Gasteiger partial charge in [-0.25, -0.2) is 10.1 Å². The minimum Gasteiger partial charge on any atom is -0.321 e. The van der Waals surface area contributed by atoms with Crippen LogP contribution in [-0.4, -0.2) is 42.2 Å². The molecular formula is C28H21Cl2N7O2. The Bertz CT molecular complexity index is 1750. The monoisotopic (exact) mass is 557 g/mol. The second-order valence-corrected chi connectivity index (χ2v) is 10.0. The van der Waals surface area contributed by atoms with Gasteiger partial charge in [0.15, 0.2) is 0 Å². The van der Waals surface area contributed by atoms with Crippen molar-refractivity contribution in [3.8, 4) is 11.1 Å². The van der Waals surface area contributed by atoms with Gasteiger partial charge in [0.05, 0.1) is 17.3 Å². The number of halogens is 2. The molecule has 1 amide bonds. The molecule has 2 N–H and O–H groups in total. The van der Waals surface area contributed by atoms with Crippen LogP contribution in [0, 0.1) is 0 Å². The van der Waals surface area contributed by atoms with Crippen molar-refractivity contribution in [3.63, 3.8) is 0 Å². The third-order valence-electron chi connectivity index (χ3n) is 6.73. The van der Waals surface area contributed by atoms with Crippen LogP contribution in [0.5, 0.6) is 0 Å². The largest absolute Gasteiger partial charge is 0.321 e. The van der Waals surface area contributed by atoms with Gasteiger partial charge in [0, 0.05) is 45.8 Å². The fourth-order valence-electron chi connectivity index (χ4n) is 4.90. The standard InChI is InChI=1S/C28H21Cl2N7O2/c29-18-9-5-16(6-10-18)23-15-22(34-37(23)25(38)14-13-24-32-35-36-33-24)27-26(17-7-11-19(30)12-8-17)20-3-1-2-4-21(20)31-28(27)39/h1-12,23H,13-15H2,(H,31,39)(H,32,33,35,36). The van der Waals surface area contributed by atoms with E-state index in [0.29, 0.717) is 45.5 Å². The van der Waals surface area contributed by atoms with Crippen molar-refractivity contribution >= 4 is 45.7 Å². The maximum Gasteiger partial charge on any atom is 0.258 e. The molecule has 2 aromatic heterocycles. The molecule has 3 heterocycles. The summed E-state index contributed by atoms with van der Waals surface area (Å²) < 4.78 is 0. The normalized spacial score (nSPS) is 15.1. The SMILES string of the molecule is O=C(CCc1nnn[nH]1)N1N=C(c2c(-c3ccc(Cl)cc3)c3ccccc3[nH]c2=O)CC1c1ccc(Cl)cc1. The minimum absolute atomic E-state index is 0.135. The van der Waals surface area contributed by atoms with E-state index in [9.17, 15) is 9.59 Å². The van der Waals surface area contributed by atoms with E-state index in [4.69, 9.17) is 28.3 Å². The first kappa shape index (κ1) is 25.0. The Labute approximate surface area is 232 Å². The van der Waals surface area contributed by atoms with Crippen LogP contribution in [0.25, 0.3) is 22.0 Å². The molecule has 0 aliphatic carbocycles. The zero-order valence-electron chi connectivity index (χ0n) is 20.4. The summed E-state index contributed by atoms with van der Waals surface area (Å²) in [5.74, 6) is 0.289. The number of hydrazone groups is 1. The highest BCUT2D eigenvalue weighted by Gasteiger charge is 2.35. The number of para-hydroxylation sites is 1. The highest BCUT2D eigenvalue weighted by atomic mass is 35.5. The number of hydrogen-bond acceptors (Lipinski definition) is 6. The lowest BCUT2D eigenvalue weighted by Gasteiger charge is -2.22. The van der Waals surface area contributed by atoms with E-state index in [-0.39, 0.29) is 17.9 Å². The molecule has 39 heavy (non-hydrogen) atoms. The molecular weight excluding hydrogens is 537 g/mol. The number of aromatic amines is 2. The summed E-state index contributed by atoms with van der Waals surface area (Å²) in [5.41, 5.74) is 3.78. The predicted octanol–water partition coefficient (Wildman–Crippen LogP) is 5.33. The van der Waals surface area contributed by atoms with Crippen LogP contribution in [0.4, 0.5) is 0 Å². The van der Waals surface area contributed by atoms with E-state index >= 15 is 0 Å². The molecule has 0 radical (unpaired) electrons. The number of carbonyl (C=O) groups excluding carboxylic acids is 1. The maximum atomic E-state index is 13.6. The van der Waals surface area contributed by atoms with Crippen molar-refractivity contribution in [1.29, 1.82) is 0 Å². The average Bonchev–Trinajstić information content (AvgIpc) is 3.63. The lowest BCUT2D eigenvalue weighted by Crippen LogP contribution is -2.27. The number of nitrogens with zero attached hydrogens (tertiary/aromatic N) is 5. The lowest BCUT2D eigenvalue weighted by atomic mass is 9.91. The van der Waals surface area contributed by atoms with Gasteiger partial charge in [0.25, 0.3) is 5.56 Å². The number of fused-ring (bicyclic) bond motifs is 1. The Morgan fingerprint density at radius 3 is 2.38 bits per heavy atom. The predicted molar refractivity (Wildman–Crippen MR) is 150 cm³/mol. The van der Waals surface area contributed by atoms with Crippen molar-refractivity contribution in [2.45, 2.75) is 25.3 Å². The highest BCUT2D eigenvalue weighted by Crippen LogP contribution is 2.37. The molecule has 9 nitrogen and oxygen atoms in total. The van der Waals surface area contributed by atoms with Crippen molar-refractivity contribution in [3.05, 3.63) is 110 Å². The van der Waals surface area contributed by atoms with Gasteiger partial charge in [-0.15, -0.1) is 5.10 Å². The summed E-state index contributed by atoms with van der Waals surface area (Å²) in [7, 11) is 0. The number of amides is 1. The third-order valence-corrected chi connectivity index (χ3v) is 7.23. The van der Waals surface area contributed by atoms with Crippen molar-refractivity contribution < 1.29 is 4.79 Å². The smallest absolute Gasteiger partial charge is 0.258 e.